The second-order valence-corrected chi connectivity index (χ2v) is 5.54. The van der Waals surface area contributed by atoms with Gasteiger partial charge in [0.05, 0.1) is 5.92 Å². The van der Waals surface area contributed by atoms with E-state index < -0.39 is 23.1 Å². The summed E-state index contributed by atoms with van der Waals surface area (Å²) in [5.41, 5.74) is 0.909. The zero-order valence-electron chi connectivity index (χ0n) is 10.9. The van der Waals surface area contributed by atoms with Gasteiger partial charge in [-0.2, -0.15) is 0 Å². The molecule has 1 aliphatic heterocycles. The molecule has 5 nitrogen and oxygen atoms in total. The van der Waals surface area contributed by atoms with Crippen LogP contribution in [0.3, 0.4) is 0 Å². The third-order valence-electron chi connectivity index (χ3n) is 3.26. The van der Waals surface area contributed by atoms with Crippen LogP contribution < -0.4 is 0 Å². The van der Waals surface area contributed by atoms with Gasteiger partial charge < -0.3 is 4.79 Å². The fourth-order valence-electron chi connectivity index (χ4n) is 2.37. The van der Waals surface area contributed by atoms with E-state index in [0.29, 0.717) is 0 Å². The normalized spacial score (nSPS) is 23.7. The topological polar surface area (TPSA) is 74.7 Å². The maximum absolute atomic E-state index is 12.3. The van der Waals surface area contributed by atoms with Gasteiger partial charge in [-0.15, -0.1) is 0 Å². The standard InChI is InChI=1S/C14H15NO4S/c1-10(16)9-13-12(11-5-3-2-4-6-11)7-8-15(14(13)17)20(18)19/h2-8,12-13H,9H2,1H3,(H,18,19)/t12-,13+/m1/s1. The largest absolute Gasteiger partial charge is 0.300 e. The summed E-state index contributed by atoms with van der Waals surface area (Å²) in [5, 5.41) is 0. The molecule has 1 N–H and O–H groups in total. The summed E-state index contributed by atoms with van der Waals surface area (Å²) in [7, 11) is 0. The van der Waals surface area contributed by atoms with E-state index in [9.17, 15) is 13.8 Å². The highest BCUT2D eigenvalue weighted by Crippen LogP contribution is 2.34. The average Bonchev–Trinajstić information content (AvgIpc) is 2.41. The van der Waals surface area contributed by atoms with Crippen molar-refractivity contribution in [3.8, 4) is 0 Å². The number of allylic oxidation sites excluding steroid dienone is 1. The highest BCUT2D eigenvalue weighted by Gasteiger charge is 2.36. The summed E-state index contributed by atoms with van der Waals surface area (Å²) >= 11 is -2.40. The van der Waals surface area contributed by atoms with Crippen LogP contribution in [0.4, 0.5) is 0 Å². The van der Waals surface area contributed by atoms with Gasteiger partial charge in [-0.05, 0) is 12.5 Å². The lowest BCUT2D eigenvalue weighted by molar-refractivity contribution is -0.133. The van der Waals surface area contributed by atoms with Gasteiger partial charge in [-0.1, -0.05) is 36.4 Å². The molecule has 3 atom stereocenters. The smallest absolute Gasteiger partial charge is 0.268 e. The molecule has 2 rings (SSSR count). The zero-order valence-corrected chi connectivity index (χ0v) is 11.7. The number of Topliss-reactive ketones (excluding diaryl/α,β-unsaturated/α-hetero) is 1. The average molecular weight is 293 g/mol. The third-order valence-corrected chi connectivity index (χ3v) is 3.90. The van der Waals surface area contributed by atoms with Crippen LogP contribution in [0, 0.1) is 5.92 Å². The van der Waals surface area contributed by atoms with E-state index in [1.165, 1.54) is 13.1 Å². The predicted octanol–water partition coefficient (Wildman–Crippen LogP) is 1.86. The number of benzene rings is 1. The van der Waals surface area contributed by atoms with E-state index in [0.717, 1.165) is 9.87 Å². The molecule has 6 heteroatoms. The Bertz CT molecular complexity index is 570. The first-order valence-corrected chi connectivity index (χ1v) is 7.24. The second-order valence-electron chi connectivity index (χ2n) is 4.69. The molecule has 0 aromatic heterocycles. The van der Waals surface area contributed by atoms with Gasteiger partial charge in [0, 0.05) is 18.5 Å². The molecular weight excluding hydrogens is 278 g/mol. The molecule has 0 saturated carbocycles. The molecule has 1 unspecified atom stereocenters. The molecular formula is C14H15NO4S. The molecule has 1 aromatic carbocycles. The summed E-state index contributed by atoms with van der Waals surface area (Å²) in [6.45, 7) is 1.41. The van der Waals surface area contributed by atoms with Crippen LogP contribution >= 0.6 is 0 Å². The highest BCUT2D eigenvalue weighted by molar-refractivity contribution is 7.77. The molecule has 1 aromatic rings. The minimum Gasteiger partial charge on any atom is -0.300 e. The summed E-state index contributed by atoms with van der Waals surface area (Å²) < 4.78 is 21.0. The first kappa shape index (κ1) is 14.6. The Morgan fingerprint density at radius 1 is 1.35 bits per heavy atom. The van der Waals surface area contributed by atoms with Crippen LogP contribution in [0.1, 0.15) is 24.8 Å². The fourth-order valence-corrected chi connectivity index (χ4v) is 2.83. The monoisotopic (exact) mass is 293 g/mol. The summed E-state index contributed by atoms with van der Waals surface area (Å²) in [5.74, 6) is -1.52. The molecule has 0 aliphatic carbocycles. The fraction of sp³-hybridized carbons (Fsp3) is 0.286. The maximum atomic E-state index is 12.3. The number of rotatable bonds is 4. The molecule has 0 fully saturated rings. The molecule has 106 valence electrons. The van der Waals surface area contributed by atoms with Crippen LogP contribution in [0.2, 0.25) is 0 Å². The van der Waals surface area contributed by atoms with Gasteiger partial charge in [0.25, 0.3) is 11.3 Å². The van der Waals surface area contributed by atoms with Gasteiger partial charge in [-0.3, -0.25) is 9.35 Å². The Hall–Kier alpha value is -1.79. The van der Waals surface area contributed by atoms with Crippen molar-refractivity contribution >= 4 is 23.0 Å². The molecule has 0 bridgehead atoms. The SMILES string of the molecule is CC(=O)C[C@@H]1C(=O)N(S(=O)O)C=C[C@@H]1c1ccccc1. The van der Waals surface area contributed by atoms with Crippen LogP contribution in [-0.2, 0) is 20.9 Å². The van der Waals surface area contributed by atoms with E-state index in [4.69, 9.17) is 4.55 Å². The maximum Gasteiger partial charge on any atom is 0.268 e. The van der Waals surface area contributed by atoms with Gasteiger partial charge in [0.1, 0.15) is 5.78 Å². The molecule has 20 heavy (non-hydrogen) atoms. The van der Waals surface area contributed by atoms with Crippen LogP contribution in [0.5, 0.6) is 0 Å². The third kappa shape index (κ3) is 3.02. The predicted molar refractivity (Wildman–Crippen MR) is 74.7 cm³/mol. The van der Waals surface area contributed by atoms with E-state index in [1.54, 1.807) is 6.08 Å². The number of amides is 1. The van der Waals surface area contributed by atoms with Gasteiger partial charge in [0.2, 0.25) is 5.91 Å². The number of nitrogens with zero attached hydrogens (tertiary/aromatic N) is 1. The minimum absolute atomic E-state index is 0.0520. The molecule has 0 saturated heterocycles. The lowest BCUT2D eigenvalue weighted by Crippen LogP contribution is -2.39. The summed E-state index contributed by atoms with van der Waals surface area (Å²) in [4.78, 5) is 23.6. The number of carbonyl (C=O) groups is 2. The van der Waals surface area contributed by atoms with Crippen molar-refractivity contribution < 1.29 is 18.4 Å². The number of hydrogen-bond acceptors (Lipinski definition) is 3. The molecule has 0 radical (unpaired) electrons. The van der Waals surface area contributed by atoms with Crippen molar-refractivity contribution in [3.63, 3.8) is 0 Å². The van der Waals surface area contributed by atoms with Crippen molar-refractivity contribution in [2.45, 2.75) is 19.3 Å². The van der Waals surface area contributed by atoms with Crippen molar-refractivity contribution in [1.82, 2.24) is 4.31 Å². The van der Waals surface area contributed by atoms with Crippen molar-refractivity contribution in [1.29, 1.82) is 0 Å². The van der Waals surface area contributed by atoms with Gasteiger partial charge in [0.15, 0.2) is 0 Å². The van der Waals surface area contributed by atoms with E-state index in [1.807, 2.05) is 30.3 Å². The number of carbonyl (C=O) groups excluding carboxylic acids is 2. The second kappa shape index (κ2) is 6.11. The lowest BCUT2D eigenvalue weighted by atomic mass is 9.81. The van der Waals surface area contributed by atoms with Crippen molar-refractivity contribution in [2.24, 2.45) is 5.92 Å². The Morgan fingerprint density at radius 2 is 2.00 bits per heavy atom. The Morgan fingerprint density at radius 3 is 2.55 bits per heavy atom. The van der Waals surface area contributed by atoms with Crippen LogP contribution in [0.25, 0.3) is 0 Å². The Balaban J connectivity index is 2.39. The molecule has 1 amide bonds. The first-order valence-electron chi connectivity index (χ1n) is 6.17. The summed E-state index contributed by atoms with van der Waals surface area (Å²) in [6, 6.07) is 9.33. The van der Waals surface area contributed by atoms with Crippen molar-refractivity contribution in [2.75, 3.05) is 0 Å². The van der Waals surface area contributed by atoms with Crippen LogP contribution in [0.15, 0.2) is 42.6 Å². The Labute approximate surface area is 119 Å². The van der Waals surface area contributed by atoms with E-state index in [-0.39, 0.29) is 18.1 Å². The first-order chi connectivity index (χ1) is 9.50. The van der Waals surface area contributed by atoms with Gasteiger partial charge >= 0.3 is 0 Å². The number of hydrogen-bond donors (Lipinski definition) is 1. The highest BCUT2D eigenvalue weighted by atomic mass is 32.2. The van der Waals surface area contributed by atoms with Crippen molar-refractivity contribution in [3.05, 3.63) is 48.2 Å². The van der Waals surface area contributed by atoms with Crippen LogP contribution in [-0.4, -0.2) is 24.8 Å². The molecule has 1 heterocycles. The molecule has 0 spiro atoms. The minimum atomic E-state index is -2.40. The lowest BCUT2D eigenvalue weighted by Gasteiger charge is -2.30. The van der Waals surface area contributed by atoms with Gasteiger partial charge in [-0.25, -0.2) is 8.51 Å². The van der Waals surface area contributed by atoms with E-state index in [2.05, 4.69) is 0 Å². The number of ketones is 1. The zero-order chi connectivity index (χ0) is 14.7. The van der Waals surface area contributed by atoms with E-state index >= 15 is 0 Å². The summed E-state index contributed by atoms with van der Waals surface area (Å²) in [6.07, 6.45) is 3.06. The molecule has 1 aliphatic rings. The Kier molecular flexibility index (Phi) is 4.46. The quantitative estimate of drug-likeness (QED) is 0.860.